The minimum Gasteiger partial charge on any atom is -0.467 e. The average Bonchev–Trinajstić information content (AvgIpc) is 2.75. The number of ether oxygens (including phenoxy) is 1. The van der Waals surface area contributed by atoms with Crippen molar-refractivity contribution in [2.24, 2.45) is 5.92 Å². The van der Waals surface area contributed by atoms with Gasteiger partial charge < -0.3 is 20.7 Å². The Morgan fingerprint density at radius 2 is 1.77 bits per heavy atom. The maximum absolute atomic E-state index is 12.6. The van der Waals surface area contributed by atoms with Crippen molar-refractivity contribution < 1.29 is 28.7 Å². The Bertz CT molecular complexity index is 856. The predicted molar refractivity (Wildman–Crippen MR) is 110 cm³/mol. The molecule has 2 fully saturated rings. The van der Waals surface area contributed by atoms with Crippen LogP contribution in [0.4, 0.5) is 0 Å². The number of hydrogen-bond acceptors (Lipinski definition) is 6. The van der Waals surface area contributed by atoms with Crippen LogP contribution in [0.25, 0.3) is 0 Å². The van der Waals surface area contributed by atoms with Gasteiger partial charge in [0.05, 0.1) is 13.5 Å². The minimum atomic E-state index is -1.04. The Morgan fingerprint density at radius 1 is 1.10 bits per heavy atom. The third-order valence-electron chi connectivity index (χ3n) is 5.70. The van der Waals surface area contributed by atoms with Crippen LogP contribution < -0.4 is 16.0 Å². The number of rotatable bonds is 7. The smallest absolute Gasteiger partial charge is 0.328 e. The lowest BCUT2D eigenvalue weighted by molar-refractivity contribution is -0.148. The highest BCUT2D eigenvalue weighted by Gasteiger charge is 2.37. The molecule has 2 aliphatic rings. The lowest BCUT2D eigenvalue weighted by Crippen LogP contribution is -2.63. The van der Waals surface area contributed by atoms with Gasteiger partial charge in [0.15, 0.2) is 0 Å². The van der Waals surface area contributed by atoms with Crippen molar-refractivity contribution >= 4 is 29.5 Å². The summed E-state index contributed by atoms with van der Waals surface area (Å²) >= 11 is 0. The third-order valence-corrected chi connectivity index (χ3v) is 5.70. The zero-order valence-electron chi connectivity index (χ0n) is 17.4. The van der Waals surface area contributed by atoms with Crippen LogP contribution in [0.5, 0.6) is 0 Å². The molecule has 3 N–H and O–H groups in total. The summed E-state index contributed by atoms with van der Waals surface area (Å²) in [7, 11) is 1.22. The third kappa shape index (κ3) is 5.90. The van der Waals surface area contributed by atoms with Gasteiger partial charge in [-0.1, -0.05) is 30.3 Å². The van der Waals surface area contributed by atoms with Gasteiger partial charge in [0.1, 0.15) is 23.9 Å². The predicted octanol–water partition coefficient (Wildman–Crippen LogP) is 0.0195. The van der Waals surface area contributed by atoms with Gasteiger partial charge in [0.2, 0.25) is 17.7 Å². The SMILES string of the molecule is COC(=O)[C@@H](NC(=O)C[C@@H]1NC(=O)[C@H](Cc2ccccc2)NC1=O)[C@H]1CCCC(=O)C1. The molecule has 3 rings (SSSR count). The van der Waals surface area contributed by atoms with Gasteiger partial charge in [-0.05, 0) is 24.3 Å². The summed E-state index contributed by atoms with van der Waals surface area (Å²) < 4.78 is 4.79. The molecular weight excluding hydrogens is 402 g/mol. The molecule has 166 valence electrons. The number of amides is 3. The quantitative estimate of drug-likeness (QED) is 0.524. The normalized spacial score (nSPS) is 24.5. The summed E-state index contributed by atoms with van der Waals surface area (Å²) in [4.78, 5) is 61.4. The van der Waals surface area contributed by atoms with Crippen LogP contribution in [-0.2, 0) is 35.1 Å². The number of Topliss-reactive ketones (excluding diaryl/α,β-unsaturated/α-hetero) is 1. The minimum absolute atomic E-state index is 0.0442. The number of ketones is 1. The molecule has 3 amide bonds. The second-order valence-corrected chi connectivity index (χ2v) is 7.98. The molecule has 1 saturated heterocycles. The first-order valence-corrected chi connectivity index (χ1v) is 10.4. The Balaban J connectivity index is 1.57. The number of esters is 1. The average molecular weight is 429 g/mol. The van der Waals surface area contributed by atoms with Crippen LogP contribution in [0.1, 0.15) is 37.7 Å². The topological polar surface area (TPSA) is 131 Å². The maximum Gasteiger partial charge on any atom is 0.328 e. The summed E-state index contributed by atoms with van der Waals surface area (Å²) in [5.74, 6) is -2.34. The standard InChI is InChI=1S/C22H27N3O6/c1-31-22(30)19(14-8-5-9-15(26)11-14)25-18(27)12-17-21(29)23-16(20(28)24-17)10-13-6-3-2-4-7-13/h2-4,6-7,14,16-17,19H,5,8-12H2,1H3,(H,23,29)(H,24,28)(H,25,27)/t14-,16-,17-,19-/m0/s1. The largest absolute Gasteiger partial charge is 0.467 e. The first-order chi connectivity index (χ1) is 14.9. The second kappa shape index (κ2) is 10.2. The molecule has 31 heavy (non-hydrogen) atoms. The molecule has 1 aliphatic heterocycles. The summed E-state index contributed by atoms with van der Waals surface area (Å²) in [6.45, 7) is 0. The first kappa shape index (κ1) is 22.5. The zero-order valence-corrected chi connectivity index (χ0v) is 17.4. The van der Waals surface area contributed by atoms with Crippen molar-refractivity contribution in [3.05, 3.63) is 35.9 Å². The van der Waals surface area contributed by atoms with Gasteiger partial charge in [-0.15, -0.1) is 0 Å². The van der Waals surface area contributed by atoms with Gasteiger partial charge in [-0.25, -0.2) is 4.79 Å². The number of nitrogens with one attached hydrogen (secondary N) is 3. The van der Waals surface area contributed by atoms with Gasteiger partial charge in [0, 0.05) is 19.3 Å². The molecule has 9 heteroatoms. The summed E-state index contributed by atoms with van der Waals surface area (Å²) in [6.07, 6.45) is 1.96. The molecular formula is C22H27N3O6. The van der Waals surface area contributed by atoms with Crippen molar-refractivity contribution in [1.82, 2.24) is 16.0 Å². The molecule has 1 aliphatic carbocycles. The van der Waals surface area contributed by atoms with Gasteiger partial charge in [-0.2, -0.15) is 0 Å². The Hall–Kier alpha value is -3.23. The van der Waals surface area contributed by atoms with Crippen molar-refractivity contribution in [1.29, 1.82) is 0 Å². The van der Waals surface area contributed by atoms with Crippen molar-refractivity contribution in [3.8, 4) is 0 Å². The fraction of sp³-hybridized carbons (Fsp3) is 0.500. The molecule has 1 heterocycles. The molecule has 0 aromatic heterocycles. The maximum atomic E-state index is 12.6. The van der Waals surface area contributed by atoms with E-state index in [9.17, 15) is 24.0 Å². The molecule has 0 spiro atoms. The number of carbonyl (C=O) groups excluding carboxylic acids is 5. The summed E-state index contributed by atoms with van der Waals surface area (Å²) in [5.41, 5.74) is 0.905. The van der Waals surface area contributed by atoms with Crippen LogP contribution in [0, 0.1) is 5.92 Å². The van der Waals surface area contributed by atoms with Crippen LogP contribution in [0.2, 0.25) is 0 Å². The fourth-order valence-electron chi connectivity index (χ4n) is 4.07. The van der Waals surface area contributed by atoms with E-state index in [0.717, 1.165) is 5.56 Å². The number of piperazine rings is 1. The first-order valence-electron chi connectivity index (χ1n) is 10.4. The highest BCUT2D eigenvalue weighted by molar-refractivity contribution is 5.99. The second-order valence-electron chi connectivity index (χ2n) is 7.98. The van der Waals surface area contributed by atoms with E-state index in [0.29, 0.717) is 25.7 Å². The molecule has 1 saturated carbocycles. The van der Waals surface area contributed by atoms with Crippen LogP contribution >= 0.6 is 0 Å². The summed E-state index contributed by atoms with van der Waals surface area (Å²) in [5, 5.41) is 7.84. The van der Waals surface area contributed by atoms with E-state index >= 15 is 0 Å². The molecule has 0 unspecified atom stereocenters. The van der Waals surface area contributed by atoms with Crippen LogP contribution in [0.3, 0.4) is 0 Å². The highest BCUT2D eigenvalue weighted by Crippen LogP contribution is 2.25. The lowest BCUT2D eigenvalue weighted by Gasteiger charge is -2.31. The lowest BCUT2D eigenvalue weighted by atomic mass is 9.83. The molecule has 1 aromatic carbocycles. The molecule has 9 nitrogen and oxygen atoms in total. The molecule has 4 atom stereocenters. The Morgan fingerprint density at radius 3 is 2.45 bits per heavy atom. The van der Waals surface area contributed by atoms with E-state index in [-0.39, 0.29) is 30.4 Å². The van der Waals surface area contributed by atoms with Crippen molar-refractivity contribution in [2.45, 2.75) is 56.7 Å². The molecule has 0 radical (unpaired) electrons. The number of methoxy groups -OCH3 is 1. The van der Waals surface area contributed by atoms with E-state index in [2.05, 4.69) is 16.0 Å². The summed E-state index contributed by atoms with van der Waals surface area (Å²) in [6, 6.07) is 6.57. The van der Waals surface area contributed by atoms with Crippen molar-refractivity contribution in [2.75, 3.05) is 7.11 Å². The van der Waals surface area contributed by atoms with Crippen LogP contribution in [-0.4, -0.2) is 54.7 Å². The Kier molecular flexibility index (Phi) is 7.38. The Labute approximate surface area is 180 Å². The molecule has 1 aromatic rings. The van der Waals surface area contributed by atoms with E-state index in [1.807, 2.05) is 30.3 Å². The number of hydrogen-bond donors (Lipinski definition) is 3. The van der Waals surface area contributed by atoms with Crippen molar-refractivity contribution in [3.63, 3.8) is 0 Å². The fourth-order valence-corrected chi connectivity index (χ4v) is 4.07. The van der Waals surface area contributed by atoms with Gasteiger partial charge in [0.25, 0.3) is 0 Å². The van der Waals surface area contributed by atoms with E-state index in [1.165, 1.54) is 7.11 Å². The van der Waals surface area contributed by atoms with Gasteiger partial charge >= 0.3 is 5.97 Å². The molecule has 0 bridgehead atoms. The van der Waals surface area contributed by atoms with Crippen LogP contribution in [0.15, 0.2) is 30.3 Å². The van der Waals surface area contributed by atoms with E-state index in [1.54, 1.807) is 0 Å². The zero-order chi connectivity index (χ0) is 22.4. The number of carbonyl (C=O) groups is 5. The van der Waals surface area contributed by atoms with E-state index in [4.69, 9.17) is 4.74 Å². The number of benzene rings is 1. The highest BCUT2D eigenvalue weighted by atomic mass is 16.5. The monoisotopic (exact) mass is 429 g/mol. The van der Waals surface area contributed by atoms with Gasteiger partial charge in [-0.3, -0.25) is 19.2 Å². The van der Waals surface area contributed by atoms with E-state index < -0.39 is 35.9 Å².